The van der Waals surface area contributed by atoms with Crippen LogP contribution in [0.5, 0.6) is 5.75 Å². The van der Waals surface area contributed by atoms with Crippen LogP contribution < -0.4 is 4.52 Å². The fourth-order valence-electron chi connectivity index (χ4n) is 5.34. The Morgan fingerprint density at radius 3 is 1.84 bits per heavy atom. The molecule has 5 rings (SSSR count). The molecular formula is C27H29O3P. The van der Waals surface area contributed by atoms with Gasteiger partial charge in [0.15, 0.2) is 0 Å². The van der Waals surface area contributed by atoms with Crippen molar-refractivity contribution >= 4 is 12.8 Å². The molecule has 160 valence electrons. The van der Waals surface area contributed by atoms with Gasteiger partial charge in [-0.25, -0.2) is 0 Å². The molecule has 1 heterocycles. The predicted molar refractivity (Wildman–Crippen MR) is 128 cm³/mol. The zero-order chi connectivity index (χ0) is 21.3. The summed E-state index contributed by atoms with van der Waals surface area (Å²) in [6.45, 7) is -3.20. The summed E-state index contributed by atoms with van der Waals surface area (Å²) >= 11 is 0. The van der Waals surface area contributed by atoms with Crippen molar-refractivity contribution in [1.82, 2.24) is 0 Å². The Hall–Kier alpha value is -2.64. The van der Waals surface area contributed by atoms with Crippen LogP contribution in [-0.4, -0.2) is 13.1 Å². The second-order valence-corrected chi connectivity index (χ2v) is 13.1. The molecule has 1 aromatic carbocycles. The summed E-state index contributed by atoms with van der Waals surface area (Å²) in [5, 5.41) is 3.97. The van der Waals surface area contributed by atoms with E-state index in [1.807, 2.05) is 18.2 Å². The fourth-order valence-corrected chi connectivity index (χ4v) is 11.5. The van der Waals surface area contributed by atoms with Crippen LogP contribution in [0.15, 0.2) is 88.8 Å². The maximum atomic E-state index is 12.2. The molecule has 0 N–H and O–H groups in total. The second kappa shape index (κ2) is 7.80. The van der Waals surface area contributed by atoms with Gasteiger partial charge in [-0.05, 0) is 0 Å². The molecule has 3 nitrogen and oxygen atoms in total. The van der Waals surface area contributed by atoms with Crippen molar-refractivity contribution in [2.24, 2.45) is 0 Å². The minimum atomic E-state index is -3.20. The molecule has 0 aromatic heterocycles. The van der Waals surface area contributed by atoms with Crippen LogP contribution >= 0.6 is 6.83 Å². The number of rotatable bonds is 4. The van der Waals surface area contributed by atoms with E-state index in [4.69, 9.17) is 9.26 Å². The number of benzene rings is 1. The van der Waals surface area contributed by atoms with E-state index >= 15 is 0 Å². The van der Waals surface area contributed by atoms with E-state index in [1.165, 1.54) is 23.1 Å². The Bertz CT molecular complexity index is 1030. The number of fused-ring (bicyclic) bond motifs is 1. The third-order valence-electron chi connectivity index (χ3n) is 6.82. The van der Waals surface area contributed by atoms with E-state index in [2.05, 4.69) is 54.7 Å². The van der Waals surface area contributed by atoms with Crippen LogP contribution in [0.3, 0.4) is 0 Å². The second-order valence-electron chi connectivity index (χ2n) is 8.60. The number of carbonyl (C=O) groups excluding carboxylic acids is 1. The summed E-state index contributed by atoms with van der Waals surface area (Å²) in [6, 6.07) is 5.76. The van der Waals surface area contributed by atoms with Crippen molar-refractivity contribution in [1.29, 1.82) is 0 Å². The standard InChI is InChI=1S/C27H29O3P/c1-29-27(28)21-17-18-26-22(19-21)20-31(30-26,23-11-5-2-6-12-23,24-13-7-3-8-14-24)25-15-9-4-10-16-25/h5,7,9,11-19H,2-4,6,8,10,20H2,1H3. The number of carbonyl (C=O) groups is 1. The Morgan fingerprint density at radius 1 is 0.839 bits per heavy atom. The van der Waals surface area contributed by atoms with Gasteiger partial charge in [0.05, 0.1) is 0 Å². The van der Waals surface area contributed by atoms with Crippen molar-refractivity contribution in [3.05, 3.63) is 100.0 Å². The Morgan fingerprint density at radius 2 is 1.39 bits per heavy atom. The molecule has 1 aliphatic heterocycles. The number of hydrogen-bond donors (Lipinski definition) is 0. The molecule has 1 aromatic rings. The summed E-state index contributed by atoms with van der Waals surface area (Å²) in [5.74, 6) is 0.588. The van der Waals surface area contributed by atoms with E-state index < -0.39 is 6.83 Å². The molecule has 0 spiro atoms. The summed E-state index contributed by atoms with van der Waals surface area (Å²) in [5.41, 5.74) is 1.68. The molecule has 0 radical (unpaired) electrons. The van der Waals surface area contributed by atoms with Crippen molar-refractivity contribution in [3.8, 4) is 5.75 Å². The molecule has 0 atom stereocenters. The molecule has 0 saturated heterocycles. The van der Waals surface area contributed by atoms with Crippen LogP contribution in [0.1, 0.15) is 54.4 Å². The Kier molecular flexibility index (Phi) is 5.10. The van der Waals surface area contributed by atoms with Gasteiger partial charge in [0.1, 0.15) is 0 Å². The quantitative estimate of drug-likeness (QED) is 0.364. The van der Waals surface area contributed by atoms with E-state index in [9.17, 15) is 4.79 Å². The zero-order valence-electron chi connectivity index (χ0n) is 18.0. The summed E-state index contributed by atoms with van der Waals surface area (Å²) in [7, 11) is 1.43. The number of esters is 1. The molecule has 0 bridgehead atoms. The molecule has 0 fully saturated rings. The summed E-state index contributed by atoms with van der Waals surface area (Å²) in [6.07, 6.45) is 28.1. The third-order valence-corrected chi connectivity index (χ3v) is 12.6. The molecule has 0 saturated carbocycles. The number of allylic oxidation sites excluding steroid dienone is 12. The molecule has 3 aliphatic carbocycles. The number of hydrogen-bond acceptors (Lipinski definition) is 3. The molecule has 4 heteroatoms. The van der Waals surface area contributed by atoms with E-state index in [-0.39, 0.29) is 5.97 Å². The first-order valence-corrected chi connectivity index (χ1v) is 13.6. The van der Waals surface area contributed by atoms with Crippen molar-refractivity contribution in [2.45, 2.75) is 44.7 Å². The molecular weight excluding hydrogens is 403 g/mol. The first kappa shape index (κ1) is 20.3. The summed E-state index contributed by atoms with van der Waals surface area (Å²) in [4.78, 5) is 12.2. The van der Waals surface area contributed by atoms with Gasteiger partial charge in [-0.2, -0.15) is 0 Å². The van der Waals surface area contributed by atoms with E-state index in [1.54, 1.807) is 0 Å². The monoisotopic (exact) mass is 432 g/mol. The van der Waals surface area contributed by atoms with Gasteiger partial charge in [-0.15, -0.1) is 0 Å². The average Bonchev–Trinajstić information content (AvgIpc) is 3.22. The van der Waals surface area contributed by atoms with E-state index in [0.717, 1.165) is 56.0 Å². The van der Waals surface area contributed by atoms with Crippen LogP contribution in [0.2, 0.25) is 0 Å². The number of methoxy groups -OCH3 is 1. The first-order chi connectivity index (χ1) is 15.2. The predicted octanol–water partition coefficient (Wildman–Crippen LogP) is 7.54. The van der Waals surface area contributed by atoms with Crippen LogP contribution in [0.4, 0.5) is 0 Å². The summed E-state index contributed by atoms with van der Waals surface area (Å²) < 4.78 is 12.3. The van der Waals surface area contributed by atoms with Gasteiger partial charge in [-0.1, -0.05) is 0 Å². The van der Waals surface area contributed by atoms with Gasteiger partial charge < -0.3 is 0 Å². The molecule has 0 amide bonds. The van der Waals surface area contributed by atoms with Crippen molar-refractivity contribution in [3.63, 3.8) is 0 Å². The topological polar surface area (TPSA) is 35.5 Å². The SMILES string of the molecule is COC(=O)c1ccc2c(c1)CP(C1=CCCC=C1)(C1=CCCC=C1)(C1=CCCC=C1)O2. The minimum absolute atomic E-state index is 0.305. The van der Waals surface area contributed by atoms with Gasteiger partial charge in [-0.3, -0.25) is 0 Å². The van der Waals surface area contributed by atoms with Crippen molar-refractivity contribution < 1.29 is 14.1 Å². The third kappa shape index (κ3) is 3.02. The normalized spacial score (nSPS) is 24.0. The van der Waals surface area contributed by atoms with Crippen LogP contribution in [0.25, 0.3) is 0 Å². The van der Waals surface area contributed by atoms with Gasteiger partial charge in [0.25, 0.3) is 0 Å². The van der Waals surface area contributed by atoms with Gasteiger partial charge in [0.2, 0.25) is 0 Å². The maximum absolute atomic E-state index is 12.2. The van der Waals surface area contributed by atoms with Gasteiger partial charge in [0, 0.05) is 0 Å². The molecule has 0 unspecified atom stereocenters. The van der Waals surface area contributed by atoms with Crippen LogP contribution in [-0.2, 0) is 10.9 Å². The Balaban J connectivity index is 1.78. The first-order valence-electron chi connectivity index (χ1n) is 11.2. The van der Waals surface area contributed by atoms with Crippen molar-refractivity contribution in [2.75, 3.05) is 7.11 Å². The Labute approximate surface area is 184 Å². The van der Waals surface area contributed by atoms with Gasteiger partial charge >= 0.3 is 184 Å². The van der Waals surface area contributed by atoms with E-state index in [0.29, 0.717) is 5.56 Å². The van der Waals surface area contributed by atoms with Crippen LogP contribution in [0, 0.1) is 0 Å². The number of ether oxygens (including phenoxy) is 1. The average molecular weight is 433 g/mol. The zero-order valence-corrected chi connectivity index (χ0v) is 18.9. The fraction of sp³-hybridized carbons (Fsp3) is 0.296. The molecule has 4 aliphatic rings. The molecule has 31 heavy (non-hydrogen) atoms.